The SMILES string of the molecule is CS(=O)(=O)Nc1ccc(NC(=O)C2CNNC2c2ccc(Cl)cc2)cc1. The summed E-state index contributed by atoms with van der Waals surface area (Å²) < 4.78 is 24.8. The minimum atomic E-state index is -3.33. The summed E-state index contributed by atoms with van der Waals surface area (Å²) in [5.41, 5.74) is 8.13. The molecule has 1 amide bonds. The molecule has 1 saturated heterocycles. The number of anilines is 2. The van der Waals surface area contributed by atoms with Gasteiger partial charge in [0.2, 0.25) is 15.9 Å². The van der Waals surface area contributed by atoms with Gasteiger partial charge in [-0.05, 0) is 42.0 Å². The average Bonchev–Trinajstić information content (AvgIpc) is 3.06. The van der Waals surface area contributed by atoms with Gasteiger partial charge >= 0.3 is 0 Å². The highest BCUT2D eigenvalue weighted by atomic mass is 35.5. The van der Waals surface area contributed by atoms with E-state index in [1.54, 1.807) is 36.4 Å². The Labute approximate surface area is 157 Å². The Bertz CT molecular complexity index is 885. The summed E-state index contributed by atoms with van der Waals surface area (Å²) in [4.78, 5) is 12.7. The van der Waals surface area contributed by atoms with Crippen LogP contribution in [0.3, 0.4) is 0 Å². The molecule has 2 aromatic carbocycles. The first-order valence-electron chi connectivity index (χ1n) is 7.94. The molecular formula is C17H19ClN4O3S. The highest BCUT2D eigenvalue weighted by molar-refractivity contribution is 7.92. The maximum absolute atomic E-state index is 12.7. The molecule has 1 aliphatic rings. The first-order chi connectivity index (χ1) is 12.3. The van der Waals surface area contributed by atoms with Crippen LogP contribution in [0.1, 0.15) is 11.6 Å². The van der Waals surface area contributed by atoms with E-state index in [1.165, 1.54) is 0 Å². The molecule has 1 heterocycles. The lowest BCUT2D eigenvalue weighted by molar-refractivity contribution is -0.119. The number of amides is 1. The third-order valence-electron chi connectivity index (χ3n) is 4.00. The summed E-state index contributed by atoms with van der Waals surface area (Å²) in [6, 6.07) is 13.7. The zero-order chi connectivity index (χ0) is 18.7. The topological polar surface area (TPSA) is 99.3 Å². The first-order valence-corrected chi connectivity index (χ1v) is 10.2. The molecule has 0 aromatic heterocycles. The van der Waals surface area contributed by atoms with Crippen molar-refractivity contribution in [3.8, 4) is 0 Å². The Kier molecular flexibility index (Phi) is 5.47. The predicted octanol–water partition coefficient (Wildman–Crippen LogP) is 2.12. The maximum atomic E-state index is 12.7. The van der Waals surface area contributed by atoms with Crippen molar-refractivity contribution >= 4 is 38.9 Å². The number of halogens is 1. The molecule has 0 radical (unpaired) electrons. The average molecular weight is 395 g/mol. The Balaban J connectivity index is 1.68. The predicted molar refractivity (Wildman–Crippen MR) is 102 cm³/mol. The van der Waals surface area contributed by atoms with E-state index in [2.05, 4.69) is 20.9 Å². The fourth-order valence-electron chi connectivity index (χ4n) is 2.80. The molecule has 9 heteroatoms. The van der Waals surface area contributed by atoms with Gasteiger partial charge in [0, 0.05) is 22.9 Å². The van der Waals surface area contributed by atoms with Crippen LogP contribution < -0.4 is 20.9 Å². The van der Waals surface area contributed by atoms with Crippen LogP contribution in [0.15, 0.2) is 48.5 Å². The lowest BCUT2D eigenvalue weighted by Gasteiger charge is -2.18. The molecule has 0 aliphatic carbocycles. The quantitative estimate of drug-likeness (QED) is 0.622. The summed E-state index contributed by atoms with van der Waals surface area (Å²) in [6.07, 6.45) is 1.08. The van der Waals surface area contributed by atoms with Gasteiger partial charge in [-0.3, -0.25) is 14.9 Å². The van der Waals surface area contributed by atoms with E-state index in [9.17, 15) is 13.2 Å². The Hall–Kier alpha value is -2.13. The zero-order valence-electron chi connectivity index (χ0n) is 14.0. The van der Waals surface area contributed by atoms with Gasteiger partial charge in [-0.25, -0.2) is 13.8 Å². The Morgan fingerprint density at radius 3 is 2.31 bits per heavy atom. The van der Waals surface area contributed by atoms with Crippen LogP contribution in [0, 0.1) is 5.92 Å². The standard InChI is InChI=1S/C17H19ClN4O3S/c1-26(24,25)22-14-8-6-13(7-9-14)20-17(23)15-10-19-21-16(15)11-2-4-12(18)5-3-11/h2-9,15-16,19,21-22H,10H2,1H3,(H,20,23). The van der Waals surface area contributed by atoms with Gasteiger partial charge in [-0.2, -0.15) is 0 Å². The molecule has 2 atom stereocenters. The van der Waals surface area contributed by atoms with Crippen molar-refractivity contribution in [1.29, 1.82) is 0 Å². The van der Waals surface area contributed by atoms with E-state index in [0.717, 1.165) is 11.8 Å². The fraction of sp³-hybridized carbons (Fsp3) is 0.235. The highest BCUT2D eigenvalue weighted by Crippen LogP contribution is 2.27. The molecule has 3 rings (SSSR count). The molecule has 4 N–H and O–H groups in total. The number of sulfonamides is 1. The van der Waals surface area contributed by atoms with E-state index in [4.69, 9.17) is 11.6 Å². The second-order valence-electron chi connectivity index (χ2n) is 6.10. The van der Waals surface area contributed by atoms with Crippen molar-refractivity contribution in [3.63, 3.8) is 0 Å². The van der Waals surface area contributed by atoms with Crippen LogP contribution in [0.5, 0.6) is 0 Å². The van der Waals surface area contributed by atoms with Crippen molar-refractivity contribution < 1.29 is 13.2 Å². The number of hydrogen-bond acceptors (Lipinski definition) is 5. The highest BCUT2D eigenvalue weighted by Gasteiger charge is 2.33. The van der Waals surface area contributed by atoms with E-state index >= 15 is 0 Å². The Morgan fingerprint density at radius 2 is 1.69 bits per heavy atom. The van der Waals surface area contributed by atoms with E-state index in [-0.39, 0.29) is 17.9 Å². The Morgan fingerprint density at radius 1 is 1.08 bits per heavy atom. The van der Waals surface area contributed by atoms with Crippen molar-refractivity contribution in [2.75, 3.05) is 22.8 Å². The smallest absolute Gasteiger partial charge is 0.230 e. The van der Waals surface area contributed by atoms with Crippen LogP contribution in [-0.4, -0.2) is 27.1 Å². The number of hydrazine groups is 1. The summed E-state index contributed by atoms with van der Waals surface area (Å²) in [5.74, 6) is -0.434. The van der Waals surface area contributed by atoms with Crippen molar-refractivity contribution in [2.45, 2.75) is 6.04 Å². The molecule has 26 heavy (non-hydrogen) atoms. The number of nitrogens with one attached hydrogen (secondary N) is 4. The minimum absolute atomic E-state index is 0.133. The van der Waals surface area contributed by atoms with Crippen LogP contribution in [0.25, 0.3) is 0 Å². The second-order valence-corrected chi connectivity index (χ2v) is 8.29. The molecular weight excluding hydrogens is 376 g/mol. The summed E-state index contributed by atoms with van der Waals surface area (Å²) in [7, 11) is -3.33. The van der Waals surface area contributed by atoms with Crippen molar-refractivity contribution in [2.24, 2.45) is 5.92 Å². The molecule has 1 aliphatic heterocycles. The monoisotopic (exact) mass is 394 g/mol. The molecule has 7 nitrogen and oxygen atoms in total. The van der Waals surface area contributed by atoms with Gasteiger partial charge in [0.25, 0.3) is 0 Å². The normalized spacial score (nSPS) is 19.9. The summed E-state index contributed by atoms with van der Waals surface area (Å²) in [5, 5.41) is 3.50. The fourth-order valence-corrected chi connectivity index (χ4v) is 3.49. The first kappa shape index (κ1) is 18.7. The van der Waals surface area contributed by atoms with Crippen LogP contribution >= 0.6 is 11.6 Å². The second kappa shape index (κ2) is 7.63. The summed E-state index contributed by atoms with van der Waals surface area (Å²) >= 11 is 5.92. The van der Waals surface area contributed by atoms with E-state index in [1.807, 2.05) is 12.1 Å². The molecule has 138 valence electrons. The van der Waals surface area contributed by atoms with Gasteiger partial charge in [0.1, 0.15) is 0 Å². The molecule has 2 aromatic rings. The number of carbonyl (C=O) groups excluding carboxylic acids is 1. The maximum Gasteiger partial charge on any atom is 0.230 e. The van der Waals surface area contributed by atoms with E-state index < -0.39 is 10.0 Å². The van der Waals surface area contributed by atoms with Gasteiger partial charge in [0.15, 0.2) is 0 Å². The molecule has 0 saturated carbocycles. The van der Waals surface area contributed by atoms with Crippen LogP contribution in [-0.2, 0) is 14.8 Å². The molecule has 2 unspecified atom stereocenters. The van der Waals surface area contributed by atoms with E-state index in [0.29, 0.717) is 22.9 Å². The number of hydrogen-bond donors (Lipinski definition) is 4. The number of rotatable bonds is 5. The third-order valence-corrected chi connectivity index (χ3v) is 4.86. The largest absolute Gasteiger partial charge is 0.326 e. The number of carbonyl (C=O) groups is 1. The van der Waals surface area contributed by atoms with Crippen LogP contribution in [0.4, 0.5) is 11.4 Å². The van der Waals surface area contributed by atoms with Gasteiger partial charge in [-0.1, -0.05) is 23.7 Å². The van der Waals surface area contributed by atoms with Crippen molar-refractivity contribution in [1.82, 2.24) is 10.9 Å². The number of benzene rings is 2. The van der Waals surface area contributed by atoms with Gasteiger partial charge in [0.05, 0.1) is 18.2 Å². The lowest BCUT2D eigenvalue weighted by Crippen LogP contribution is -2.29. The van der Waals surface area contributed by atoms with Crippen LogP contribution in [0.2, 0.25) is 5.02 Å². The minimum Gasteiger partial charge on any atom is -0.326 e. The molecule has 0 bridgehead atoms. The molecule has 1 fully saturated rings. The summed E-state index contributed by atoms with van der Waals surface area (Å²) in [6.45, 7) is 0.493. The van der Waals surface area contributed by atoms with Gasteiger partial charge < -0.3 is 5.32 Å². The van der Waals surface area contributed by atoms with Crippen molar-refractivity contribution in [3.05, 3.63) is 59.1 Å². The lowest BCUT2D eigenvalue weighted by atomic mass is 9.94. The zero-order valence-corrected chi connectivity index (χ0v) is 15.6. The van der Waals surface area contributed by atoms with Gasteiger partial charge in [-0.15, -0.1) is 0 Å². The molecule has 0 spiro atoms. The third kappa shape index (κ3) is 4.73.